The summed E-state index contributed by atoms with van der Waals surface area (Å²) in [6.07, 6.45) is 3.28. The fourth-order valence-corrected chi connectivity index (χ4v) is 4.65. The van der Waals surface area contributed by atoms with Gasteiger partial charge in [-0.2, -0.15) is 0 Å². The highest BCUT2D eigenvalue weighted by molar-refractivity contribution is 7.17. The van der Waals surface area contributed by atoms with Crippen molar-refractivity contribution in [2.45, 2.75) is 12.8 Å². The molecule has 0 saturated carbocycles. The summed E-state index contributed by atoms with van der Waals surface area (Å²) in [5.41, 5.74) is 4.92. The molecule has 1 aliphatic heterocycles. The van der Waals surface area contributed by atoms with E-state index in [9.17, 15) is 15.0 Å². The minimum atomic E-state index is -0.279. The lowest BCUT2D eigenvalue weighted by Crippen LogP contribution is -2.35. The molecule has 6 nitrogen and oxygen atoms in total. The Kier molecular flexibility index (Phi) is 4.17. The molecule has 2 aromatic heterocycles. The van der Waals surface area contributed by atoms with Gasteiger partial charge in [-0.1, -0.05) is 6.07 Å². The average Bonchev–Trinajstić information content (AvgIpc) is 3.21. The molecule has 3 heterocycles. The molecule has 0 spiro atoms. The SMILES string of the molecule is O=C(c1ccc(O)cc1O)N1CCCc2cc(-c3ncnc4ccsc34)ccc21. The van der Waals surface area contributed by atoms with Crippen molar-refractivity contribution in [3.05, 3.63) is 65.3 Å². The van der Waals surface area contributed by atoms with Gasteiger partial charge in [-0.25, -0.2) is 9.97 Å². The summed E-state index contributed by atoms with van der Waals surface area (Å²) in [6, 6.07) is 12.0. The predicted octanol–water partition coefficient (Wildman–Crippen LogP) is 4.36. The number of hydrogen-bond donors (Lipinski definition) is 2. The van der Waals surface area contributed by atoms with E-state index >= 15 is 0 Å². The van der Waals surface area contributed by atoms with E-state index in [1.54, 1.807) is 22.6 Å². The van der Waals surface area contributed by atoms with E-state index in [-0.39, 0.29) is 23.0 Å². The van der Waals surface area contributed by atoms with Crippen molar-refractivity contribution < 1.29 is 15.0 Å². The maximum Gasteiger partial charge on any atom is 0.262 e. The van der Waals surface area contributed by atoms with Gasteiger partial charge in [0.05, 0.1) is 21.5 Å². The van der Waals surface area contributed by atoms with Crippen LogP contribution in [0.2, 0.25) is 0 Å². The van der Waals surface area contributed by atoms with Gasteiger partial charge in [0, 0.05) is 23.9 Å². The van der Waals surface area contributed by atoms with Crippen LogP contribution >= 0.6 is 11.3 Å². The van der Waals surface area contributed by atoms with E-state index < -0.39 is 0 Å². The van der Waals surface area contributed by atoms with Crippen molar-refractivity contribution in [2.75, 3.05) is 11.4 Å². The molecule has 2 N–H and O–H groups in total. The van der Waals surface area contributed by atoms with Crippen LogP contribution in [0.15, 0.2) is 54.2 Å². The average molecular weight is 403 g/mol. The highest BCUT2D eigenvalue weighted by Gasteiger charge is 2.26. The Morgan fingerprint density at radius 2 is 1.97 bits per heavy atom. The minimum Gasteiger partial charge on any atom is -0.508 e. The number of rotatable bonds is 2. The summed E-state index contributed by atoms with van der Waals surface area (Å²) < 4.78 is 1.05. The van der Waals surface area contributed by atoms with E-state index in [4.69, 9.17) is 0 Å². The van der Waals surface area contributed by atoms with Gasteiger partial charge >= 0.3 is 0 Å². The molecule has 0 fully saturated rings. The van der Waals surface area contributed by atoms with Crippen molar-refractivity contribution in [1.29, 1.82) is 0 Å². The van der Waals surface area contributed by atoms with Gasteiger partial charge < -0.3 is 15.1 Å². The Hall–Kier alpha value is -3.45. The molecule has 0 radical (unpaired) electrons. The Labute approximate surface area is 170 Å². The molecule has 0 saturated heterocycles. The Balaban J connectivity index is 1.55. The number of phenols is 2. The maximum absolute atomic E-state index is 13.1. The smallest absolute Gasteiger partial charge is 0.262 e. The lowest BCUT2D eigenvalue weighted by atomic mass is 9.97. The van der Waals surface area contributed by atoms with Gasteiger partial charge in [0.1, 0.15) is 17.8 Å². The molecule has 0 aliphatic carbocycles. The number of aromatic nitrogens is 2. The second-order valence-electron chi connectivity index (χ2n) is 6.96. The number of aryl methyl sites for hydroxylation is 1. The highest BCUT2D eigenvalue weighted by Crippen LogP contribution is 2.36. The molecule has 1 aliphatic rings. The van der Waals surface area contributed by atoms with E-state index in [1.807, 2.05) is 23.6 Å². The van der Waals surface area contributed by atoms with Crippen molar-refractivity contribution in [2.24, 2.45) is 0 Å². The molecule has 5 rings (SSSR count). The van der Waals surface area contributed by atoms with Crippen LogP contribution in [0.4, 0.5) is 5.69 Å². The minimum absolute atomic E-state index is 0.0764. The van der Waals surface area contributed by atoms with Gasteiger partial charge in [0.15, 0.2) is 0 Å². The first-order valence-electron chi connectivity index (χ1n) is 9.27. The van der Waals surface area contributed by atoms with Gasteiger partial charge in [-0.15, -0.1) is 11.3 Å². The molecule has 7 heteroatoms. The summed E-state index contributed by atoms with van der Waals surface area (Å²) in [5.74, 6) is -0.578. The van der Waals surface area contributed by atoms with Crippen LogP contribution in [-0.2, 0) is 6.42 Å². The number of benzene rings is 2. The van der Waals surface area contributed by atoms with E-state index in [1.165, 1.54) is 18.2 Å². The lowest BCUT2D eigenvalue weighted by molar-refractivity contribution is 0.0982. The van der Waals surface area contributed by atoms with Crippen LogP contribution < -0.4 is 4.90 Å². The molecule has 29 heavy (non-hydrogen) atoms. The van der Waals surface area contributed by atoms with Crippen LogP contribution in [0, 0.1) is 0 Å². The highest BCUT2D eigenvalue weighted by atomic mass is 32.1. The van der Waals surface area contributed by atoms with Crippen LogP contribution in [0.1, 0.15) is 22.3 Å². The second-order valence-corrected chi connectivity index (χ2v) is 7.88. The fraction of sp³-hybridized carbons (Fsp3) is 0.136. The van der Waals surface area contributed by atoms with Crippen molar-refractivity contribution in [3.8, 4) is 22.8 Å². The largest absolute Gasteiger partial charge is 0.508 e. The quantitative estimate of drug-likeness (QED) is 0.519. The number of aromatic hydroxyl groups is 2. The first-order chi connectivity index (χ1) is 14.1. The molecule has 0 unspecified atom stereocenters. The third kappa shape index (κ3) is 3.00. The van der Waals surface area contributed by atoms with E-state index in [2.05, 4.69) is 16.0 Å². The summed E-state index contributed by atoms with van der Waals surface area (Å²) in [6.45, 7) is 0.578. The number of carbonyl (C=O) groups is 1. The van der Waals surface area contributed by atoms with Crippen LogP contribution in [0.5, 0.6) is 11.5 Å². The van der Waals surface area contributed by atoms with Crippen molar-refractivity contribution >= 4 is 33.1 Å². The Morgan fingerprint density at radius 3 is 2.83 bits per heavy atom. The van der Waals surface area contributed by atoms with Crippen molar-refractivity contribution in [3.63, 3.8) is 0 Å². The molecular formula is C22H17N3O3S. The zero-order chi connectivity index (χ0) is 20.0. The third-order valence-corrected chi connectivity index (χ3v) is 6.08. The Morgan fingerprint density at radius 1 is 1.07 bits per heavy atom. The number of carbonyl (C=O) groups excluding carboxylic acids is 1. The number of anilines is 1. The molecule has 2 aromatic carbocycles. The number of fused-ring (bicyclic) bond motifs is 2. The number of phenolic OH excluding ortho intramolecular Hbond substituents is 2. The molecule has 4 aromatic rings. The third-order valence-electron chi connectivity index (χ3n) is 5.17. The first-order valence-corrected chi connectivity index (χ1v) is 10.1. The zero-order valence-corrected chi connectivity index (χ0v) is 16.2. The monoisotopic (exact) mass is 403 g/mol. The zero-order valence-electron chi connectivity index (χ0n) is 15.4. The number of nitrogens with zero attached hydrogens (tertiary/aromatic N) is 3. The predicted molar refractivity (Wildman–Crippen MR) is 113 cm³/mol. The van der Waals surface area contributed by atoms with Crippen LogP contribution in [0.3, 0.4) is 0 Å². The standard InChI is InChI=1S/C22H17N3O3S/c26-15-4-5-16(19(27)11-15)22(28)25-8-1-2-13-10-14(3-6-18(13)25)20-21-17(7-9-29-21)23-12-24-20/h3-7,9-12,26-27H,1-2,8H2. The van der Waals surface area contributed by atoms with Crippen LogP contribution in [0.25, 0.3) is 21.5 Å². The molecular weight excluding hydrogens is 386 g/mol. The van der Waals surface area contributed by atoms with Crippen molar-refractivity contribution in [1.82, 2.24) is 9.97 Å². The van der Waals surface area contributed by atoms with Gasteiger partial charge in [0.25, 0.3) is 5.91 Å². The number of thiophene rings is 1. The summed E-state index contributed by atoms with van der Waals surface area (Å²) in [5, 5.41) is 21.6. The first kappa shape index (κ1) is 17.6. The normalized spacial score (nSPS) is 13.4. The lowest BCUT2D eigenvalue weighted by Gasteiger charge is -2.30. The van der Waals surface area contributed by atoms with Gasteiger partial charge in [0.2, 0.25) is 0 Å². The van der Waals surface area contributed by atoms with Gasteiger partial charge in [-0.3, -0.25) is 4.79 Å². The number of hydrogen-bond acceptors (Lipinski definition) is 6. The van der Waals surface area contributed by atoms with Crippen LogP contribution in [-0.4, -0.2) is 32.6 Å². The van der Waals surface area contributed by atoms with E-state index in [0.29, 0.717) is 6.54 Å². The Bertz CT molecular complexity index is 1250. The van der Waals surface area contributed by atoms with E-state index in [0.717, 1.165) is 45.6 Å². The second kappa shape index (κ2) is 6.86. The summed E-state index contributed by atoms with van der Waals surface area (Å²) in [7, 11) is 0. The molecule has 0 atom stereocenters. The number of amides is 1. The van der Waals surface area contributed by atoms with Gasteiger partial charge in [-0.05, 0) is 54.1 Å². The fourth-order valence-electron chi connectivity index (χ4n) is 3.80. The molecule has 0 bridgehead atoms. The summed E-state index contributed by atoms with van der Waals surface area (Å²) in [4.78, 5) is 23.5. The maximum atomic E-state index is 13.1. The summed E-state index contributed by atoms with van der Waals surface area (Å²) >= 11 is 1.61. The molecule has 1 amide bonds. The topological polar surface area (TPSA) is 86.5 Å². The molecule has 144 valence electrons.